The summed E-state index contributed by atoms with van der Waals surface area (Å²) in [5.41, 5.74) is 15.7. The zero-order valence-electron chi connectivity index (χ0n) is 25.5. The van der Waals surface area contributed by atoms with Gasteiger partial charge in [-0.15, -0.1) is 0 Å². The molecule has 2 aliphatic carbocycles. The Balaban J connectivity index is 1.27. The average Bonchev–Trinajstić information content (AvgIpc) is 3.61. The van der Waals surface area contributed by atoms with Crippen LogP contribution < -0.4 is 4.90 Å². The van der Waals surface area contributed by atoms with Gasteiger partial charge in [0, 0.05) is 44.2 Å². The van der Waals surface area contributed by atoms with E-state index in [9.17, 15) is 0 Å². The van der Waals surface area contributed by atoms with E-state index in [0.29, 0.717) is 0 Å². The first kappa shape index (κ1) is 25.4. The summed E-state index contributed by atoms with van der Waals surface area (Å²) >= 11 is 0. The summed E-state index contributed by atoms with van der Waals surface area (Å²) < 4.78 is 6.61. The fraction of sp³-hybridized carbons (Fsp3) is 0.143. The summed E-state index contributed by atoms with van der Waals surface area (Å²) in [5, 5.41) is 2.34. The summed E-state index contributed by atoms with van der Waals surface area (Å²) in [7, 11) is 0. The average molecular weight is 568 g/mol. The molecule has 2 aliphatic rings. The molecule has 0 saturated heterocycles. The molecule has 1 aromatic heterocycles. The van der Waals surface area contributed by atoms with Crippen molar-refractivity contribution in [1.29, 1.82) is 0 Å². The second-order valence-corrected chi connectivity index (χ2v) is 13.4. The van der Waals surface area contributed by atoms with Crippen molar-refractivity contribution in [3.8, 4) is 22.3 Å². The third-order valence-electron chi connectivity index (χ3n) is 10.3. The van der Waals surface area contributed by atoms with E-state index in [-0.39, 0.29) is 10.8 Å². The zero-order valence-corrected chi connectivity index (χ0v) is 25.5. The molecule has 0 atom stereocenters. The molecule has 212 valence electrons. The van der Waals surface area contributed by atoms with E-state index in [4.69, 9.17) is 4.42 Å². The van der Waals surface area contributed by atoms with Gasteiger partial charge in [0.25, 0.3) is 0 Å². The van der Waals surface area contributed by atoms with Gasteiger partial charge in [-0.3, -0.25) is 0 Å². The highest BCUT2D eigenvalue weighted by molar-refractivity contribution is 6.12. The summed E-state index contributed by atoms with van der Waals surface area (Å²) in [6.07, 6.45) is 0. The van der Waals surface area contributed by atoms with Crippen LogP contribution in [0.4, 0.5) is 17.1 Å². The van der Waals surface area contributed by atoms with Crippen LogP contribution >= 0.6 is 0 Å². The van der Waals surface area contributed by atoms with E-state index in [1.165, 1.54) is 55.3 Å². The predicted molar refractivity (Wildman–Crippen MR) is 184 cm³/mol. The van der Waals surface area contributed by atoms with Crippen LogP contribution in [0.5, 0.6) is 0 Å². The largest absolute Gasteiger partial charge is 0.455 e. The van der Waals surface area contributed by atoms with E-state index in [2.05, 4.69) is 160 Å². The molecule has 0 spiro atoms. The van der Waals surface area contributed by atoms with Crippen molar-refractivity contribution >= 4 is 39.0 Å². The van der Waals surface area contributed by atoms with Gasteiger partial charge in [0.1, 0.15) is 11.2 Å². The molecular weight excluding hydrogens is 534 g/mol. The lowest BCUT2D eigenvalue weighted by molar-refractivity contribution is 0.653. The molecule has 1 heterocycles. The summed E-state index contributed by atoms with van der Waals surface area (Å²) in [6, 6.07) is 46.6. The Hall–Kier alpha value is -5.08. The van der Waals surface area contributed by atoms with Crippen molar-refractivity contribution in [2.75, 3.05) is 4.90 Å². The Morgan fingerprint density at radius 2 is 1.09 bits per heavy atom. The molecule has 0 N–H and O–H groups in total. The minimum Gasteiger partial charge on any atom is -0.455 e. The molecule has 0 fully saturated rings. The summed E-state index contributed by atoms with van der Waals surface area (Å²) in [6.45, 7) is 9.37. The van der Waals surface area contributed by atoms with Crippen molar-refractivity contribution in [1.82, 2.24) is 0 Å². The van der Waals surface area contributed by atoms with Gasteiger partial charge < -0.3 is 9.32 Å². The Kier molecular flexibility index (Phi) is 5.05. The fourth-order valence-electron chi connectivity index (χ4n) is 8.00. The molecule has 0 amide bonds. The topological polar surface area (TPSA) is 16.4 Å². The Bertz CT molecular complexity index is 2290. The molecule has 0 unspecified atom stereocenters. The van der Waals surface area contributed by atoms with Gasteiger partial charge in [-0.1, -0.05) is 113 Å². The molecule has 0 saturated carbocycles. The van der Waals surface area contributed by atoms with Gasteiger partial charge in [-0.2, -0.15) is 0 Å². The van der Waals surface area contributed by atoms with Crippen LogP contribution in [0.3, 0.4) is 0 Å². The van der Waals surface area contributed by atoms with Gasteiger partial charge in [0.2, 0.25) is 0 Å². The van der Waals surface area contributed by atoms with Crippen LogP contribution in [0.2, 0.25) is 0 Å². The lowest BCUT2D eigenvalue weighted by Gasteiger charge is -2.29. The van der Waals surface area contributed by atoms with E-state index in [1.807, 2.05) is 0 Å². The number of hydrogen-bond acceptors (Lipinski definition) is 2. The van der Waals surface area contributed by atoms with Crippen molar-refractivity contribution in [2.45, 2.75) is 38.5 Å². The number of rotatable bonds is 3. The monoisotopic (exact) mass is 567 g/mol. The molecule has 7 aromatic rings. The summed E-state index contributed by atoms with van der Waals surface area (Å²) in [5.74, 6) is 0. The number of fused-ring (bicyclic) bond motifs is 10. The number of furan rings is 1. The highest BCUT2D eigenvalue weighted by Crippen LogP contribution is 2.55. The van der Waals surface area contributed by atoms with Gasteiger partial charge in [0.15, 0.2) is 0 Å². The van der Waals surface area contributed by atoms with Gasteiger partial charge >= 0.3 is 0 Å². The predicted octanol–water partition coefficient (Wildman–Crippen LogP) is 11.7. The number of hydrogen-bond donors (Lipinski definition) is 0. The quantitative estimate of drug-likeness (QED) is 0.211. The SMILES string of the molecule is CC1(C)c2ccccc2-c2ccc(N(c3ccccc3)c3ccc4c(c3)-c3c(ccc5c3oc3ccccc35)C4(C)C)cc21. The van der Waals surface area contributed by atoms with E-state index in [0.717, 1.165) is 28.2 Å². The third-order valence-corrected chi connectivity index (χ3v) is 10.3. The fourth-order valence-corrected chi connectivity index (χ4v) is 8.00. The molecule has 44 heavy (non-hydrogen) atoms. The first-order valence-electron chi connectivity index (χ1n) is 15.5. The van der Waals surface area contributed by atoms with Crippen molar-refractivity contribution in [3.05, 3.63) is 150 Å². The zero-order chi connectivity index (χ0) is 29.8. The number of anilines is 3. The lowest BCUT2D eigenvalue weighted by Crippen LogP contribution is -2.17. The van der Waals surface area contributed by atoms with Crippen LogP contribution in [0.25, 0.3) is 44.2 Å². The number of nitrogens with zero attached hydrogens (tertiary/aromatic N) is 1. The first-order chi connectivity index (χ1) is 21.3. The van der Waals surface area contributed by atoms with E-state index < -0.39 is 0 Å². The molecular formula is C42H33NO. The maximum absolute atomic E-state index is 6.61. The van der Waals surface area contributed by atoms with Crippen LogP contribution in [0.1, 0.15) is 49.9 Å². The molecule has 0 aliphatic heterocycles. The van der Waals surface area contributed by atoms with Crippen LogP contribution in [-0.2, 0) is 10.8 Å². The standard InChI is InChI=1S/C42H33NO/c1-41(2)35-22-19-27(24-33(35)39-36(41)23-21-32-31-15-9-11-17-38(31)44-40(32)39)43(26-12-6-5-7-13-26)28-18-20-30-29-14-8-10-16-34(29)42(3,4)37(30)25-28/h5-25H,1-4H3. The molecule has 6 aromatic carbocycles. The van der Waals surface area contributed by atoms with Gasteiger partial charge in [0.05, 0.1) is 0 Å². The molecule has 0 radical (unpaired) electrons. The third kappa shape index (κ3) is 3.31. The molecule has 9 rings (SSSR count). The number of para-hydroxylation sites is 2. The Morgan fingerprint density at radius 3 is 1.95 bits per heavy atom. The van der Waals surface area contributed by atoms with Crippen molar-refractivity contribution < 1.29 is 4.42 Å². The smallest absolute Gasteiger partial charge is 0.143 e. The van der Waals surface area contributed by atoms with Crippen LogP contribution in [-0.4, -0.2) is 0 Å². The van der Waals surface area contributed by atoms with Crippen LogP contribution in [0.15, 0.2) is 132 Å². The lowest BCUT2D eigenvalue weighted by atomic mass is 9.82. The first-order valence-corrected chi connectivity index (χ1v) is 15.5. The molecule has 0 bridgehead atoms. The maximum atomic E-state index is 6.61. The van der Waals surface area contributed by atoms with Crippen molar-refractivity contribution in [2.24, 2.45) is 0 Å². The molecule has 2 heteroatoms. The minimum atomic E-state index is -0.128. The summed E-state index contributed by atoms with van der Waals surface area (Å²) in [4.78, 5) is 2.41. The van der Waals surface area contributed by atoms with Crippen LogP contribution in [0, 0.1) is 0 Å². The number of benzene rings is 6. The normalized spacial score (nSPS) is 15.2. The van der Waals surface area contributed by atoms with E-state index >= 15 is 0 Å². The van der Waals surface area contributed by atoms with Crippen molar-refractivity contribution in [3.63, 3.8) is 0 Å². The minimum absolute atomic E-state index is 0.0713. The van der Waals surface area contributed by atoms with Gasteiger partial charge in [-0.25, -0.2) is 0 Å². The Morgan fingerprint density at radius 1 is 0.455 bits per heavy atom. The van der Waals surface area contributed by atoms with Gasteiger partial charge in [-0.05, 0) is 81.4 Å². The highest BCUT2D eigenvalue weighted by Gasteiger charge is 2.39. The second kappa shape index (κ2) is 8.74. The maximum Gasteiger partial charge on any atom is 0.143 e. The van der Waals surface area contributed by atoms with E-state index in [1.54, 1.807) is 0 Å². The Labute approximate surface area is 258 Å². The molecule has 2 nitrogen and oxygen atoms in total. The second-order valence-electron chi connectivity index (χ2n) is 13.4. The highest BCUT2D eigenvalue weighted by atomic mass is 16.3.